The zero-order valence-corrected chi connectivity index (χ0v) is 14.9. The first kappa shape index (κ1) is 13.9. The summed E-state index contributed by atoms with van der Waals surface area (Å²) in [5.74, 6) is 0. The number of anilines is 2. The van der Waals surface area contributed by atoms with Crippen LogP contribution >= 0.6 is 23.5 Å². The van der Waals surface area contributed by atoms with Crippen LogP contribution in [0.15, 0.2) is 92.4 Å². The molecule has 0 amide bonds. The van der Waals surface area contributed by atoms with Crippen LogP contribution in [-0.2, 0) is 0 Å². The molecular weight excluding hydrogens is 342 g/mol. The molecule has 0 unspecified atom stereocenters. The Balaban J connectivity index is 1.84. The van der Waals surface area contributed by atoms with Crippen molar-refractivity contribution in [2.75, 3.05) is 5.32 Å². The molecule has 0 radical (unpaired) electrons. The molecule has 1 N–H and O–H groups in total. The number of para-hydroxylation sites is 1. The third-order valence-electron chi connectivity index (χ3n) is 4.85. The van der Waals surface area contributed by atoms with Gasteiger partial charge in [-0.3, -0.25) is 0 Å². The lowest BCUT2D eigenvalue weighted by Gasteiger charge is -2.22. The van der Waals surface area contributed by atoms with Crippen LogP contribution in [0, 0.1) is 0 Å². The van der Waals surface area contributed by atoms with Gasteiger partial charge in [-0.25, -0.2) is 0 Å². The summed E-state index contributed by atoms with van der Waals surface area (Å²) in [5, 5.41) is 6.37. The lowest BCUT2D eigenvalue weighted by molar-refractivity contribution is 1.18. The second-order valence-corrected chi connectivity index (χ2v) is 8.41. The smallest absolute Gasteiger partial charge is 0.0537 e. The maximum atomic E-state index is 3.70. The van der Waals surface area contributed by atoms with Crippen molar-refractivity contribution < 1.29 is 0 Å². The minimum absolute atomic E-state index is 1.17. The highest BCUT2D eigenvalue weighted by molar-refractivity contribution is 8.05. The molecule has 25 heavy (non-hydrogen) atoms. The molecule has 2 bridgehead atoms. The van der Waals surface area contributed by atoms with E-state index in [9.17, 15) is 0 Å². The van der Waals surface area contributed by atoms with E-state index in [1.165, 1.54) is 52.9 Å². The third kappa shape index (κ3) is 1.94. The van der Waals surface area contributed by atoms with Gasteiger partial charge in [-0.1, -0.05) is 72.1 Å². The predicted molar refractivity (Wildman–Crippen MR) is 107 cm³/mol. The number of hydrogen-bond donors (Lipinski definition) is 1. The van der Waals surface area contributed by atoms with E-state index in [0.29, 0.717) is 0 Å². The van der Waals surface area contributed by atoms with Gasteiger partial charge in [-0.15, -0.1) is 0 Å². The molecule has 0 saturated carbocycles. The Labute approximate surface area is 154 Å². The minimum atomic E-state index is 1.17. The van der Waals surface area contributed by atoms with E-state index in [-0.39, 0.29) is 0 Å². The Hall–Kier alpha value is -2.36. The van der Waals surface area contributed by atoms with Crippen molar-refractivity contribution in [1.82, 2.24) is 0 Å². The van der Waals surface area contributed by atoms with Gasteiger partial charge >= 0.3 is 0 Å². The highest BCUT2D eigenvalue weighted by Gasteiger charge is 2.25. The number of rotatable bonds is 0. The molecule has 3 heteroatoms. The van der Waals surface area contributed by atoms with Gasteiger partial charge in [0, 0.05) is 36.2 Å². The Morgan fingerprint density at radius 2 is 1.36 bits per heavy atom. The Morgan fingerprint density at radius 3 is 2.36 bits per heavy atom. The minimum Gasteiger partial charge on any atom is -0.354 e. The summed E-state index contributed by atoms with van der Waals surface area (Å²) in [7, 11) is 0. The topological polar surface area (TPSA) is 12.0 Å². The first-order valence-electron chi connectivity index (χ1n) is 8.29. The van der Waals surface area contributed by atoms with Gasteiger partial charge < -0.3 is 5.32 Å². The largest absolute Gasteiger partial charge is 0.354 e. The molecule has 2 aliphatic heterocycles. The average molecular weight is 355 g/mol. The van der Waals surface area contributed by atoms with E-state index >= 15 is 0 Å². The summed E-state index contributed by atoms with van der Waals surface area (Å²) < 4.78 is 0. The Kier molecular flexibility index (Phi) is 2.81. The van der Waals surface area contributed by atoms with Gasteiger partial charge in [0.1, 0.15) is 0 Å². The maximum Gasteiger partial charge on any atom is 0.0537 e. The average Bonchev–Trinajstić information content (AvgIpc) is 2.72. The van der Waals surface area contributed by atoms with Gasteiger partial charge in [0.2, 0.25) is 0 Å². The molecule has 4 aromatic rings. The summed E-state index contributed by atoms with van der Waals surface area (Å²) in [6, 6.07) is 26.3. The summed E-state index contributed by atoms with van der Waals surface area (Å²) in [6.07, 6.45) is 0. The lowest BCUT2D eigenvalue weighted by Crippen LogP contribution is -1.96. The molecule has 118 valence electrons. The molecule has 0 aromatic heterocycles. The quantitative estimate of drug-likeness (QED) is 0.310. The lowest BCUT2D eigenvalue weighted by atomic mass is 9.97. The molecule has 0 aliphatic carbocycles. The second-order valence-electron chi connectivity index (χ2n) is 6.30. The number of hydrogen-bond acceptors (Lipinski definition) is 3. The summed E-state index contributed by atoms with van der Waals surface area (Å²) in [5.41, 5.74) is 4.93. The van der Waals surface area contributed by atoms with Crippen molar-refractivity contribution in [2.45, 2.75) is 19.6 Å². The first-order chi connectivity index (χ1) is 12.4. The molecule has 2 aliphatic rings. The van der Waals surface area contributed by atoms with Crippen molar-refractivity contribution in [3.63, 3.8) is 0 Å². The number of fused-ring (bicyclic) bond motifs is 2. The van der Waals surface area contributed by atoms with Crippen LogP contribution in [0.3, 0.4) is 0 Å². The molecule has 0 spiro atoms. The van der Waals surface area contributed by atoms with E-state index in [0.717, 1.165) is 0 Å². The third-order valence-corrected chi connectivity index (χ3v) is 7.50. The van der Waals surface area contributed by atoms with E-state index in [2.05, 4.69) is 78.1 Å². The molecule has 2 heterocycles. The fourth-order valence-electron chi connectivity index (χ4n) is 3.73. The van der Waals surface area contributed by atoms with Gasteiger partial charge in [0.05, 0.1) is 5.69 Å². The van der Waals surface area contributed by atoms with Crippen LogP contribution in [0.2, 0.25) is 0 Å². The number of nitrogens with one attached hydrogen (secondary N) is 1. The fourth-order valence-corrected chi connectivity index (χ4v) is 6.24. The van der Waals surface area contributed by atoms with Crippen molar-refractivity contribution in [2.24, 2.45) is 0 Å². The van der Waals surface area contributed by atoms with Gasteiger partial charge in [-0.2, -0.15) is 0 Å². The molecule has 1 nitrogen and oxygen atoms in total. The highest BCUT2D eigenvalue weighted by atomic mass is 32.2. The van der Waals surface area contributed by atoms with Gasteiger partial charge in [0.15, 0.2) is 0 Å². The summed E-state index contributed by atoms with van der Waals surface area (Å²) in [4.78, 5) is 5.41. The Bertz CT molecular complexity index is 1180. The first-order valence-corrected chi connectivity index (χ1v) is 9.93. The standard InChI is InChI=1S/C22H13NS2/c1-2-8-16-14(6-1)15-7-3-5-13-11-12-19-22(20(13)15)25-21-17(23-16)9-4-10-18(21)24-19/h1-12,23H. The SMILES string of the molecule is c1ccc2c(c1)Nc1cccc3c1Sc1c(ccc4cccc-2c14)S3. The molecule has 0 fully saturated rings. The molecular formula is C22H13NS2. The number of benzene rings is 4. The molecule has 6 rings (SSSR count). The van der Waals surface area contributed by atoms with Crippen molar-refractivity contribution in [1.29, 1.82) is 0 Å². The van der Waals surface area contributed by atoms with Crippen molar-refractivity contribution >= 4 is 45.7 Å². The van der Waals surface area contributed by atoms with Crippen LogP contribution in [-0.4, -0.2) is 0 Å². The fraction of sp³-hybridized carbons (Fsp3) is 0. The van der Waals surface area contributed by atoms with E-state index in [1.807, 2.05) is 23.5 Å². The predicted octanol–water partition coefficient (Wildman–Crippen LogP) is 7.18. The van der Waals surface area contributed by atoms with Crippen molar-refractivity contribution in [3.8, 4) is 11.1 Å². The van der Waals surface area contributed by atoms with Crippen LogP contribution in [0.1, 0.15) is 0 Å². The second kappa shape index (κ2) is 5.07. The molecule has 0 atom stereocenters. The molecule has 0 saturated heterocycles. The Morgan fingerprint density at radius 1 is 0.560 bits per heavy atom. The summed E-state index contributed by atoms with van der Waals surface area (Å²) in [6.45, 7) is 0. The van der Waals surface area contributed by atoms with Crippen molar-refractivity contribution in [3.05, 3.63) is 72.8 Å². The highest BCUT2D eigenvalue weighted by Crippen LogP contribution is 2.56. The van der Waals surface area contributed by atoms with Crippen LogP contribution in [0.25, 0.3) is 21.9 Å². The molecule has 4 aromatic carbocycles. The van der Waals surface area contributed by atoms with Crippen LogP contribution in [0.4, 0.5) is 11.4 Å². The van der Waals surface area contributed by atoms with E-state index < -0.39 is 0 Å². The van der Waals surface area contributed by atoms with E-state index in [1.54, 1.807) is 0 Å². The summed E-state index contributed by atoms with van der Waals surface area (Å²) >= 11 is 3.79. The van der Waals surface area contributed by atoms with Crippen LogP contribution in [0.5, 0.6) is 0 Å². The van der Waals surface area contributed by atoms with Gasteiger partial charge in [-0.05, 0) is 35.2 Å². The zero-order valence-electron chi connectivity index (χ0n) is 13.2. The normalized spacial score (nSPS) is 13.6. The van der Waals surface area contributed by atoms with Gasteiger partial charge in [0.25, 0.3) is 0 Å². The van der Waals surface area contributed by atoms with E-state index in [4.69, 9.17) is 0 Å². The maximum absolute atomic E-state index is 3.70. The monoisotopic (exact) mass is 355 g/mol. The van der Waals surface area contributed by atoms with Crippen LogP contribution < -0.4 is 5.32 Å². The zero-order chi connectivity index (χ0) is 16.4.